The van der Waals surface area contributed by atoms with Gasteiger partial charge in [-0.2, -0.15) is 4.98 Å². The zero-order chi connectivity index (χ0) is 20.1. The maximum atomic E-state index is 13.8. The summed E-state index contributed by atoms with van der Waals surface area (Å²) < 4.78 is 29.3. The molecule has 8 heteroatoms. The van der Waals surface area contributed by atoms with Crippen LogP contribution in [0.25, 0.3) is 11.4 Å². The number of aromatic nitrogens is 2. The van der Waals surface area contributed by atoms with Crippen molar-refractivity contribution in [2.45, 2.75) is 13.5 Å². The molecule has 0 aliphatic carbocycles. The monoisotopic (exact) mass is 385 g/mol. The molecular formula is C20H20FN3O4. The number of hydrogen-bond acceptors (Lipinski definition) is 6. The summed E-state index contributed by atoms with van der Waals surface area (Å²) in [6, 6.07) is 11.3. The van der Waals surface area contributed by atoms with E-state index in [0.29, 0.717) is 12.4 Å². The topological polar surface area (TPSA) is 77.7 Å². The summed E-state index contributed by atoms with van der Waals surface area (Å²) in [5.41, 5.74) is 0.969. The zero-order valence-electron chi connectivity index (χ0n) is 15.8. The first-order valence-electron chi connectivity index (χ1n) is 8.66. The zero-order valence-corrected chi connectivity index (χ0v) is 15.8. The molecule has 146 valence electrons. The highest BCUT2D eigenvalue weighted by molar-refractivity contribution is 5.94. The highest BCUT2D eigenvalue weighted by atomic mass is 19.1. The highest BCUT2D eigenvalue weighted by Gasteiger charge is 2.18. The molecular weight excluding hydrogens is 365 g/mol. The maximum Gasteiger partial charge on any atom is 0.254 e. The Bertz CT molecular complexity index is 956. The van der Waals surface area contributed by atoms with Crippen LogP contribution in [0.5, 0.6) is 11.5 Å². The van der Waals surface area contributed by atoms with Crippen LogP contribution >= 0.6 is 0 Å². The Kier molecular flexibility index (Phi) is 5.88. The van der Waals surface area contributed by atoms with Gasteiger partial charge in [0.25, 0.3) is 5.91 Å². The predicted molar refractivity (Wildman–Crippen MR) is 99.7 cm³/mol. The van der Waals surface area contributed by atoms with Gasteiger partial charge in [-0.25, -0.2) is 4.39 Å². The van der Waals surface area contributed by atoms with Crippen LogP contribution in [0.1, 0.15) is 23.2 Å². The van der Waals surface area contributed by atoms with Crippen molar-refractivity contribution < 1.29 is 23.2 Å². The number of halogens is 1. The Labute approximate surface area is 161 Å². The maximum absolute atomic E-state index is 13.8. The van der Waals surface area contributed by atoms with E-state index in [1.165, 1.54) is 24.1 Å². The molecule has 28 heavy (non-hydrogen) atoms. The lowest BCUT2D eigenvalue weighted by Crippen LogP contribution is -2.26. The number of carbonyl (C=O) groups is 1. The lowest BCUT2D eigenvalue weighted by atomic mass is 10.2. The van der Waals surface area contributed by atoms with Gasteiger partial charge >= 0.3 is 0 Å². The summed E-state index contributed by atoms with van der Waals surface area (Å²) in [4.78, 5) is 18.2. The number of hydrogen-bond donors (Lipinski definition) is 0. The summed E-state index contributed by atoms with van der Waals surface area (Å²) in [5, 5.41) is 3.94. The first-order chi connectivity index (χ1) is 13.5. The van der Waals surface area contributed by atoms with Crippen LogP contribution in [-0.2, 0) is 6.54 Å². The number of benzene rings is 2. The number of carbonyl (C=O) groups excluding carboxylic acids is 1. The minimum atomic E-state index is -0.600. The van der Waals surface area contributed by atoms with Crippen molar-refractivity contribution in [2.24, 2.45) is 0 Å². The fraction of sp³-hybridized carbons (Fsp3) is 0.250. The molecule has 0 saturated heterocycles. The fourth-order valence-corrected chi connectivity index (χ4v) is 2.60. The largest absolute Gasteiger partial charge is 0.494 e. The molecule has 0 aliphatic heterocycles. The Hall–Kier alpha value is -3.42. The minimum absolute atomic E-state index is 0.0797. The number of nitrogens with zero attached hydrogens (tertiary/aromatic N) is 3. The second kappa shape index (κ2) is 8.51. The van der Waals surface area contributed by atoms with E-state index in [-0.39, 0.29) is 29.7 Å². The van der Waals surface area contributed by atoms with E-state index < -0.39 is 5.82 Å². The van der Waals surface area contributed by atoms with Gasteiger partial charge in [-0.1, -0.05) is 5.16 Å². The number of ether oxygens (including phenoxy) is 2. The van der Waals surface area contributed by atoms with Gasteiger partial charge in [0.15, 0.2) is 11.6 Å². The first-order valence-corrected chi connectivity index (χ1v) is 8.66. The summed E-state index contributed by atoms with van der Waals surface area (Å²) in [5.74, 6) is 0.547. The molecule has 0 unspecified atom stereocenters. The van der Waals surface area contributed by atoms with Gasteiger partial charge in [-0.15, -0.1) is 0 Å². The Morgan fingerprint density at radius 3 is 2.61 bits per heavy atom. The molecule has 3 rings (SSSR count). The summed E-state index contributed by atoms with van der Waals surface area (Å²) in [7, 11) is 2.94. The van der Waals surface area contributed by atoms with Crippen LogP contribution in [0.3, 0.4) is 0 Å². The molecule has 0 saturated carbocycles. The highest BCUT2D eigenvalue weighted by Crippen LogP contribution is 2.21. The van der Waals surface area contributed by atoms with Crippen molar-refractivity contribution in [3.8, 4) is 22.9 Å². The Balaban J connectivity index is 1.68. The van der Waals surface area contributed by atoms with E-state index in [1.54, 1.807) is 7.05 Å². The van der Waals surface area contributed by atoms with Gasteiger partial charge < -0.3 is 18.9 Å². The molecule has 0 bridgehead atoms. The molecule has 7 nitrogen and oxygen atoms in total. The molecule has 0 radical (unpaired) electrons. The molecule has 2 aromatic carbocycles. The molecule has 0 aliphatic rings. The van der Waals surface area contributed by atoms with Crippen LogP contribution in [0.4, 0.5) is 4.39 Å². The van der Waals surface area contributed by atoms with E-state index in [4.69, 9.17) is 14.0 Å². The summed E-state index contributed by atoms with van der Waals surface area (Å²) in [6.07, 6.45) is 0. The van der Waals surface area contributed by atoms with Crippen LogP contribution in [0.2, 0.25) is 0 Å². The van der Waals surface area contributed by atoms with Crippen LogP contribution < -0.4 is 9.47 Å². The van der Waals surface area contributed by atoms with E-state index in [2.05, 4.69) is 10.1 Å². The SMILES string of the molecule is CCOc1ccc(-c2noc(CN(C)C(=O)c3ccc(OC)c(F)c3)n2)cc1. The fourth-order valence-electron chi connectivity index (χ4n) is 2.60. The molecule has 1 aromatic heterocycles. The van der Waals surface area contributed by atoms with Gasteiger partial charge in [0.1, 0.15) is 5.75 Å². The molecule has 1 heterocycles. The Morgan fingerprint density at radius 1 is 1.21 bits per heavy atom. The second-order valence-corrected chi connectivity index (χ2v) is 5.98. The lowest BCUT2D eigenvalue weighted by Gasteiger charge is -2.15. The van der Waals surface area contributed by atoms with E-state index in [1.807, 2.05) is 31.2 Å². The molecule has 0 fully saturated rings. The Morgan fingerprint density at radius 2 is 1.96 bits per heavy atom. The van der Waals surface area contributed by atoms with Crippen molar-refractivity contribution in [3.63, 3.8) is 0 Å². The van der Waals surface area contributed by atoms with Gasteiger partial charge in [0, 0.05) is 18.2 Å². The molecule has 0 spiro atoms. The average molecular weight is 385 g/mol. The normalized spacial score (nSPS) is 10.6. The number of methoxy groups -OCH3 is 1. The number of rotatable bonds is 7. The number of amides is 1. The lowest BCUT2D eigenvalue weighted by molar-refractivity contribution is 0.0769. The van der Waals surface area contributed by atoms with Crippen LogP contribution in [-0.4, -0.2) is 41.7 Å². The first kappa shape index (κ1) is 19.3. The molecule has 3 aromatic rings. The van der Waals surface area contributed by atoms with Crippen molar-refractivity contribution in [3.05, 3.63) is 59.7 Å². The summed E-state index contributed by atoms with van der Waals surface area (Å²) >= 11 is 0. The third kappa shape index (κ3) is 4.28. The van der Waals surface area contributed by atoms with Crippen LogP contribution in [0, 0.1) is 5.82 Å². The van der Waals surface area contributed by atoms with Crippen molar-refractivity contribution >= 4 is 5.91 Å². The van der Waals surface area contributed by atoms with Crippen molar-refractivity contribution in [1.29, 1.82) is 0 Å². The van der Waals surface area contributed by atoms with Crippen molar-refractivity contribution in [2.75, 3.05) is 20.8 Å². The van der Waals surface area contributed by atoms with E-state index in [9.17, 15) is 9.18 Å². The molecule has 1 amide bonds. The van der Waals surface area contributed by atoms with Crippen molar-refractivity contribution in [1.82, 2.24) is 15.0 Å². The third-order valence-corrected chi connectivity index (χ3v) is 4.01. The smallest absolute Gasteiger partial charge is 0.254 e. The minimum Gasteiger partial charge on any atom is -0.494 e. The van der Waals surface area contributed by atoms with E-state index >= 15 is 0 Å². The molecule has 0 N–H and O–H groups in total. The molecule has 0 atom stereocenters. The van der Waals surface area contributed by atoms with Gasteiger partial charge in [0.2, 0.25) is 11.7 Å². The standard InChI is InChI=1S/C20H20FN3O4/c1-4-27-15-8-5-13(6-9-15)19-22-18(28-23-19)12-24(2)20(25)14-7-10-17(26-3)16(21)11-14/h5-11H,4,12H2,1-3H3. The predicted octanol–water partition coefficient (Wildman–Crippen LogP) is 3.56. The van der Waals surface area contributed by atoms with Gasteiger partial charge in [-0.05, 0) is 49.4 Å². The second-order valence-electron chi connectivity index (χ2n) is 5.98. The van der Waals surface area contributed by atoms with E-state index in [0.717, 1.165) is 17.4 Å². The van der Waals surface area contributed by atoms with Gasteiger partial charge in [0.05, 0.1) is 20.3 Å². The summed E-state index contributed by atoms with van der Waals surface area (Å²) in [6.45, 7) is 2.60. The van der Waals surface area contributed by atoms with Crippen LogP contribution in [0.15, 0.2) is 47.0 Å². The van der Waals surface area contributed by atoms with Gasteiger partial charge in [-0.3, -0.25) is 4.79 Å². The quantitative estimate of drug-likeness (QED) is 0.619. The third-order valence-electron chi connectivity index (χ3n) is 4.01. The average Bonchev–Trinajstić information content (AvgIpc) is 3.16.